The molecule has 0 aliphatic carbocycles. The Bertz CT molecular complexity index is 550. The Morgan fingerprint density at radius 1 is 0.727 bits per heavy atom. The van der Waals surface area contributed by atoms with Crippen LogP contribution in [-0.4, -0.2) is 31.8 Å². The van der Waals surface area contributed by atoms with Gasteiger partial charge in [-0.05, 0) is 25.0 Å². The number of hydrogen-bond acceptors (Lipinski definition) is 6. The molecule has 0 fully saturated rings. The highest BCUT2D eigenvalue weighted by Crippen LogP contribution is 2.04. The fraction of sp³-hybridized carbons (Fsp3) is 0.286. The molecule has 0 aliphatic heterocycles. The molecular formula is C14H16N6O2. The van der Waals surface area contributed by atoms with Crippen LogP contribution in [0.5, 0.6) is 0 Å². The van der Waals surface area contributed by atoms with Gasteiger partial charge in [0.25, 0.3) is 0 Å². The quantitative estimate of drug-likeness (QED) is 0.748. The molecule has 0 aliphatic rings. The van der Waals surface area contributed by atoms with E-state index in [9.17, 15) is 9.59 Å². The molecule has 0 radical (unpaired) electrons. The van der Waals surface area contributed by atoms with Crippen LogP contribution < -0.4 is 10.6 Å². The summed E-state index contributed by atoms with van der Waals surface area (Å²) in [6.07, 6.45) is 8.04. The van der Waals surface area contributed by atoms with Crippen molar-refractivity contribution in [1.29, 1.82) is 0 Å². The summed E-state index contributed by atoms with van der Waals surface area (Å²) in [5, 5.41) is 5.18. The molecule has 2 aromatic heterocycles. The first kappa shape index (κ1) is 15.5. The zero-order chi connectivity index (χ0) is 15.6. The zero-order valence-electron chi connectivity index (χ0n) is 11.9. The van der Waals surface area contributed by atoms with Gasteiger partial charge in [0, 0.05) is 37.6 Å². The van der Waals surface area contributed by atoms with Crippen LogP contribution in [0.25, 0.3) is 0 Å². The van der Waals surface area contributed by atoms with E-state index >= 15 is 0 Å². The predicted molar refractivity (Wildman–Crippen MR) is 79.8 cm³/mol. The average Bonchev–Trinajstić information content (AvgIpc) is 2.53. The minimum Gasteiger partial charge on any atom is -0.295 e. The van der Waals surface area contributed by atoms with E-state index in [-0.39, 0.29) is 23.7 Å². The molecule has 0 bridgehead atoms. The standard InChI is InChI=1S/C14H16N6O2/c21-11(19-13-15-7-3-8-16-13)5-1-2-6-12(22)20-14-17-9-4-10-18-14/h3-4,7-10H,1-2,5-6H2,(H,15,16,19,21)(H,17,18,20,22). The normalized spacial score (nSPS) is 10.0. The molecule has 0 saturated heterocycles. The fourth-order valence-corrected chi connectivity index (χ4v) is 1.67. The van der Waals surface area contributed by atoms with E-state index in [1.807, 2.05) is 0 Å². The lowest BCUT2D eigenvalue weighted by Gasteiger charge is -2.04. The lowest BCUT2D eigenvalue weighted by molar-refractivity contribution is -0.118. The molecular weight excluding hydrogens is 284 g/mol. The first-order valence-electron chi connectivity index (χ1n) is 6.88. The molecule has 0 unspecified atom stereocenters. The second-order valence-corrected chi connectivity index (χ2v) is 4.45. The summed E-state index contributed by atoms with van der Waals surface area (Å²) < 4.78 is 0. The third kappa shape index (κ3) is 5.61. The summed E-state index contributed by atoms with van der Waals surface area (Å²) in [6.45, 7) is 0. The van der Waals surface area contributed by atoms with Crippen LogP contribution in [0, 0.1) is 0 Å². The van der Waals surface area contributed by atoms with Crippen molar-refractivity contribution in [2.75, 3.05) is 10.6 Å². The molecule has 114 valence electrons. The largest absolute Gasteiger partial charge is 0.295 e. The summed E-state index contributed by atoms with van der Waals surface area (Å²) in [6, 6.07) is 3.34. The van der Waals surface area contributed by atoms with Crippen molar-refractivity contribution in [2.45, 2.75) is 25.7 Å². The smallest absolute Gasteiger partial charge is 0.229 e. The van der Waals surface area contributed by atoms with E-state index in [2.05, 4.69) is 30.6 Å². The van der Waals surface area contributed by atoms with Gasteiger partial charge in [-0.3, -0.25) is 20.2 Å². The van der Waals surface area contributed by atoms with E-state index < -0.39 is 0 Å². The van der Waals surface area contributed by atoms with Gasteiger partial charge in [0.15, 0.2) is 0 Å². The van der Waals surface area contributed by atoms with Crippen LogP contribution in [0.3, 0.4) is 0 Å². The summed E-state index contributed by atoms with van der Waals surface area (Å²) >= 11 is 0. The summed E-state index contributed by atoms with van der Waals surface area (Å²) in [7, 11) is 0. The number of hydrogen-bond donors (Lipinski definition) is 2. The van der Waals surface area contributed by atoms with Crippen molar-refractivity contribution in [2.24, 2.45) is 0 Å². The van der Waals surface area contributed by atoms with Gasteiger partial charge < -0.3 is 0 Å². The number of unbranched alkanes of at least 4 members (excludes halogenated alkanes) is 1. The van der Waals surface area contributed by atoms with Gasteiger partial charge in [-0.2, -0.15) is 0 Å². The number of anilines is 2. The van der Waals surface area contributed by atoms with Crippen molar-refractivity contribution < 1.29 is 9.59 Å². The number of carbonyl (C=O) groups is 2. The van der Waals surface area contributed by atoms with Crippen LogP contribution in [0.1, 0.15) is 25.7 Å². The van der Waals surface area contributed by atoms with E-state index in [0.717, 1.165) is 0 Å². The molecule has 0 saturated carbocycles. The topological polar surface area (TPSA) is 110 Å². The number of nitrogens with zero attached hydrogens (tertiary/aromatic N) is 4. The number of aromatic nitrogens is 4. The van der Waals surface area contributed by atoms with E-state index in [0.29, 0.717) is 25.7 Å². The van der Waals surface area contributed by atoms with Gasteiger partial charge in [0.1, 0.15) is 0 Å². The van der Waals surface area contributed by atoms with E-state index in [1.54, 1.807) is 36.9 Å². The van der Waals surface area contributed by atoms with Gasteiger partial charge in [-0.15, -0.1) is 0 Å². The molecule has 8 heteroatoms. The van der Waals surface area contributed by atoms with Crippen LogP contribution in [0.4, 0.5) is 11.9 Å². The zero-order valence-corrected chi connectivity index (χ0v) is 11.9. The molecule has 0 atom stereocenters. The maximum atomic E-state index is 11.6. The Morgan fingerprint density at radius 2 is 1.09 bits per heavy atom. The summed E-state index contributed by atoms with van der Waals surface area (Å²) in [5.74, 6) is 0.231. The van der Waals surface area contributed by atoms with Crippen molar-refractivity contribution in [3.8, 4) is 0 Å². The molecule has 2 amide bonds. The molecule has 8 nitrogen and oxygen atoms in total. The van der Waals surface area contributed by atoms with Gasteiger partial charge >= 0.3 is 0 Å². The van der Waals surface area contributed by atoms with Crippen LogP contribution in [0.2, 0.25) is 0 Å². The van der Waals surface area contributed by atoms with Gasteiger partial charge in [-0.25, -0.2) is 19.9 Å². The van der Waals surface area contributed by atoms with Crippen molar-refractivity contribution in [3.63, 3.8) is 0 Å². The molecule has 2 rings (SSSR count). The van der Waals surface area contributed by atoms with E-state index in [4.69, 9.17) is 0 Å². The van der Waals surface area contributed by atoms with Gasteiger partial charge in [0.05, 0.1) is 0 Å². The highest BCUT2D eigenvalue weighted by atomic mass is 16.2. The molecule has 0 aromatic carbocycles. The Labute approximate surface area is 127 Å². The van der Waals surface area contributed by atoms with Crippen molar-refractivity contribution >= 4 is 23.7 Å². The second kappa shape index (κ2) is 8.40. The first-order chi connectivity index (χ1) is 10.7. The maximum absolute atomic E-state index is 11.6. The SMILES string of the molecule is O=C(CCCCC(=O)Nc1ncccn1)Nc1ncccn1. The Kier molecular flexibility index (Phi) is 5.91. The third-order valence-electron chi connectivity index (χ3n) is 2.69. The van der Waals surface area contributed by atoms with Crippen LogP contribution >= 0.6 is 0 Å². The number of rotatable bonds is 7. The van der Waals surface area contributed by atoms with Crippen LogP contribution in [0.15, 0.2) is 36.9 Å². The lowest BCUT2D eigenvalue weighted by Crippen LogP contribution is -2.15. The molecule has 2 N–H and O–H groups in total. The second-order valence-electron chi connectivity index (χ2n) is 4.45. The number of nitrogens with one attached hydrogen (secondary N) is 2. The Hall–Kier alpha value is -2.90. The molecule has 0 spiro atoms. The minimum atomic E-state index is -0.169. The van der Waals surface area contributed by atoms with Gasteiger partial charge in [-0.1, -0.05) is 0 Å². The van der Waals surface area contributed by atoms with Gasteiger partial charge in [0.2, 0.25) is 23.7 Å². The highest BCUT2D eigenvalue weighted by molar-refractivity contribution is 5.89. The monoisotopic (exact) mass is 300 g/mol. The van der Waals surface area contributed by atoms with Crippen molar-refractivity contribution in [3.05, 3.63) is 36.9 Å². The predicted octanol–water partition coefficient (Wildman–Crippen LogP) is 1.40. The van der Waals surface area contributed by atoms with Crippen molar-refractivity contribution in [1.82, 2.24) is 19.9 Å². The summed E-state index contributed by atoms with van der Waals surface area (Å²) in [5.41, 5.74) is 0. The molecule has 2 heterocycles. The van der Waals surface area contributed by atoms with E-state index in [1.165, 1.54) is 0 Å². The maximum Gasteiger partial charge on any atom is 0.229 e. The Morgan fingerprint density at radius 3 is 1.45 bits per heavy atom. The number of carbonyl (C=O) groups excluding carboxylic acids is 2. The molecule has 22 heavy (non-hydrogen) atoms. The average molecular weight is 300 g/mol. The number of amides is 2. The lowest BCUT2D eigenvalue weighted by atomic mass is 10.2. The summed E-state index contributed by atoms with van der Waals surface area (Å²) in [4.78, 5) is 38.9. The fourth-order valence-electron chi connectivity index (χ4n) is 1.67. The molecule has 2 aromatic rings. The highest BCUT2D eigenvalue weighted by Gasteiger charge is 2.06. The first-order valence-corrected chi connectivity index (χ1v) is 6.88. The Balaban J connectivity index is 1.60. The minimum absolute atomic E-state index is 0.169. The third-order valence-corrected chi connectivity index (χ3v) is 2.69. The van der Waals surface area contributed by atoms with Crippen LogP contribution in [-0.2, 0) is 9.59 Å².